The van der Waals surface area contributed by atoms with Crippen LogP contribution < -0.4 is 5.73 Å². The molecule has 70 valence electrons. The molecule has 1 nitrogen and oxygen atoms in total. The highest BCUT2D eigenvalue weighted by molar-refractivity contribution is 5.03. The van der Waals surface area contributed by atoms with Gasteiger partial charge in [0.1, 0.15) is 0 Å². The Kier molecular flexibility index (Phi) is 3.33. The van der Waals surface area contributed by atoms with Crippen LogP contribution in [0.2, 0.25) is 0 Å². The summed E-state index contributed by atoms with van der Waals surface area (Å²) < 4.78 is 0. The smallest absolute Gasteiger partial charge is 0.0257 e. The largest absolute Gasteiger partial charge is 0.324 e. The molecule has 0 heterocycles. The van der Waals surface area contributed by atoms with Crippen molar-refractivity contribution in [1.82, 2.24) is 0 Å². The zero-order valence-corrected chi connectivity index (χ0v) is 8.51. The Labute approximate surface area is 76.0 Å². The van der Waals surface area contributed by atoms with Crippen molar-refractivity contribution in [3.8, 4) is 0 Å². The number of nitrogens with two attached hydrogens (primary N) is 1. The average molecular weight is 167 g/mol. The second-order valence-electron chi connectivity index (χ2n) is 4.39. The average Bonchev–Trinajstić information content (AvgIpc) is 2.33. The first-order valence-corrected chi connectivity index (χ1v) is 5.02. The lowest BCUT2D eigenvalue weighted by molar-refractivity contribution is 0.382. The maximum Gasteiger partial charge on any atom is 0.0257 e. The summed E-state index contributed by atoms with van der Waals surface area (Å²) in [7, 11) is 0. The van der Waals surface area contributed by atoms with Crippen LogP contribution in [0.25, 0.3) is 0 Å². The van der Waals surface area contributed by atoms with Crippen molar-refractivity contribution in [2.24, 2.45) is 17.6 Å². The third-order valence-corrected chi connectivity index (χ3v) is 2.95. The molecule has 0 aromatic rings. The van der Waals surface area contributed by atoms with Crippen molar-refractivity contribution in [1.29, 1.82) is 0 Å². The van der Waals surface area contributed by atoms with Gasteiger partial charge in [-0.3, -0.25) is 0 Å². The van der Waals surface area contributed by atoms with E-state index in [4.69, 9.17) is 5.73 Å². The molecule has 0 aromatic carbocycles. The lowest BCUT2D eigenvalue weighted by Gasteiger charge is -2.20. The molecule has 1 rings (SSSR count). The van der Waals surface area contributed by atoms with E-state index in [1.807, 2.05) is 0 Å². The van der Waals surface area contributed by atoms with Gasteiger partial charge in [0.2, 0.25) is 0 Å². The molecule has 12 heavy (non-hydrogen) atoms. The molecule has 0 aliphatic heterocycles. The van der Waals surface area contributed by atoms with E-state index in [9.17, 15) is 0 Å². The van der Waals surface area contributed by atoms with Crippen LogP contribution in [-0.4, -0.2) is 6.04 Å². The predicted molar refractivity (Wildman–Crippen MR) is 53.9 cm³/mol. The second kappa shape index (κ2) is 4.08. The van der Waals surface area contributed by atoms with Crippen molar-refractivity contribution in [2.45, 2.75) is 46.1 Å². The summed E-state index contributed by atoms with van der Waals surface area (Å²) >= 11 is 0. The van der Waals surface area contributed by atoms with Gasteiger partial charge < -0.3 is 5.73 Å². The van der Waals surface area contributed by atoms with Gasteiger partial charge in [-0.25, -0.2) is 0 Å². The Morgan fingerprint density at radius 3 is 2.50 bits per heavy atom. The molecule has 0 radical (unpaired) electrons. The van der Waals surface area contributed by atoms with Crippen LogP contribution in [0.4, 0.5) is 0 Å². The lowest BCUT2D eigenvalue weighted by atomic mass is 9.90. The van der Waals surface area contributed by atoms with Crippen molar-refractivity contribution >= 4 is 0 Å². The van der Waals surface area contributed by atoms with Gasteiger partial charge in [-0.1, -0.05) is 31.4 Å². The molecule has 2 N–H and O–H groups in total. The summed E-state index contributed by atoms with van der Waals surface area (Å²) in [6.45, 7) is 6.58. The Morgan fingerprint density at radius 1 is 1.42 bits per heavy atom. The quantitative estimate of drug-likeness (QED) is 0.629. The van der Waals surface area contributed by atoms with Gasteiger partial charge in [0, 0.05) is 6.04 Å². The molecule has 1 aliphatic rings. The maximum absolute atomic E-state index is 6.09. The predicted octanol–water partition coefficient (Wildman–Crippen LogP) is 2.72. The van der Waals surface area contributed by atoms with E-state index in [1.54, 1.807) is 0 Å². The highest BCUT2D eigenvalue weighted by Gasteiger charge is 2.27. The van der Waals surface area contributed by atoms with Crippen LogP contribution in [0.1, 0.15) is 40.0 Å². The van der Waals surface area contributed by atoms with Crippen LogP contribution in [-0.2, 0) is 0 Å². The summed E-state index contributed by atoms with van der Waals surface area (Å²) in [5.74, 6) is 1.57. The molecular formula is C11H21N. The molecule has 1 fully saturated rings. The number of rotatable bonds is 2. The van der Waals surface area contributed by atoms with Crippen molar-refractivity contribution < 1.29 is 0 Å². The fourth-order valence-electron chi connectivity index (χ4n) is 2.25. The number of allylic oxidation sites excluding steroid dienone is 1. The van der Waals surface area contributed by atoms with Crippen LogP contribution in [0.15, 0.2) is 11.6 Å². The van der Waals surface area contributed by atoms with E-state index >= 15 is 0 Å². The van der Waals surface area contributed by atoms with Crippen LogP contribution >= 0.6 is 0 Å². The summed E-state index contributed by atoms with van der Waals surface area (Å²) in [5, 5.41) is 0. The Hall–Kier alpha value is -0.300. The van der Waals surface area contributed by atoms with Gasteiger partial charge in [-0.05, 0) is 32.1 Å². The molecule has 1 heteroatoms. The first kappa shape index (κ1) is 9.79. The monoisotopic (exact) mass is 167 g/mol. The highest BCUT2D eigenvalue weighted by atomic mass is 14.7. The molecule has 0 amide bonds. The van der Waals surface area contributed by atoms with E-state index in [-0.39, 0.29) is 0 Å². The van der Waals surface area contributed by atoms with Crippen molar-refractivity contribution in [3.63, 3.8) is 0 Å². The molecule has 0 bridgehead atoms. The topological polar surface area (TPSA) is 26.0 Å². The summed E-state index contributed by atoms with van der Waals surface area (Å²) in [4.78, 5) is 0. The minimum absolute atomic E-state index is 0.299. The standard InChI is InChI=1S/C11H21N/c1-8(2)7-11(12)10-6-4-5-9(10)3/h7,9-11H,4-6,12H2,1-3H3. The Morgan fingerprint density at radius 2 is 2.08 bits per heavy atom. The van der Waals surface area contributed by atoms with Crippen molar-refractivity contribution in [3.05, 3.63) is 11.6 Å². The van der Waals surface area contributed by atoms with Gasteiger partial charge in [-0.15, -0.1) is 0 Å². The molecule has 0 spiro atoms. The number of hydrogen-bond acceptors (Lipinski definition) is 1. The fourth-order valence-corrected chi connectivity index (χ4v) is 2.25. The first-order valence-electron chi connectivity index (χ1n) is 5.02. The second-order valence-corrected chi connectivity index (χ2v) is 4.39. The van der Waals surface area contributed by atoms with Crippen molar-refractivity contribution in [2.75, 3.05) is 0 Å². The SMILES string of the molecule is CC(C)=CC(N)C1CCCC1C. The van der Waals surface area contributed by atoms with E-state index < -0.39 is 0 Å². The minimum Gasteiger partial charge on any atom is -0.324 e. The van der Waals surface area contributed by atoms with E-state index in [0.29, 0.717) is 6.04 Å². The third-order valence-electron chi connectivity index (χ3n) is 2.95. The van der Waals surface area contributed by atoms with Gasteiger partial charge >= 0.3 is 0 Å². The van der Waals surface area contributed by atoms with Gasteiger partial charge in [0.15, 0.2) is 0 Å². The minimum atomic E-state index is 0.299. The van der Waals surface area contributed by atoms with Crippen LogP contribution in [0.5, 0.6) is 0 Å². The third kappa shape index (κ3) is 2.34. The summed E-state index contributed by atoms with van der Waals surface area (Å²) in [5.41, 5.74) is 7.44. The summed E-state index contributed by atoms with van der Waals surface area (Å²) in [6.07, 6.45) is 6.28. The highest BCUT2D eigenvalue weighted by Crippen LogP contribution is 2.33. The number of hydrogen-bond donors (Lipinski definition) is 1. The lowest BCUT2D eigenvalue weighted by Crippen LogP contribution is -2.29. The van der Waals surface area contributed by atoms with Crippen LogP contribution in [0.3, 0.4) is 0 Å². The Bertz CT molecular complexity index is 168. The maximum atomic E-state index is 6.09. The first-order chi connectivity index (χ1) is 5.61. The van der Waals surface area contributed by atoms with Gasteiger partial charge in [0.05, 0.1) is 0 Å². The van der Waals surface area contributed by atoms with Gasteiger partial charge in [0.25, 0.3) is 0 Å². The normalized spacial score (nSPS) is 31.7. The summed E-state index contributed by atoms with van der Waals surface area (Å²) in [6, 6.07) is 0.299. The molecule has 3 atom stereocenters. The molecular weight excluding hydrogens is 146 g/mol. The zero-order chi connectivity index (χ0) is 9.14. The molecule has 3 unspecified atom stereocenters. The van der Waals surface area contributed by atoms with E-state index in [0.717, 1.165) is 11.8 Å². The molecule has 0 aromatic heterocycles. The zero-order valence-electron chi connectivity index (χ0n) is 8.51. The molecule has 1 aliphatic carbocycles. The Balaban J connectivity index is 2.51. The van der Waals surface area contributed by atoms with Crippen LogP contribution in [0, 0.1) is 11.8 Å². The van der Waals surface area contributed by atoms with Gasteiger partial charge in [-0.2, -0.15) is 0 Å². The molecule has 0 saturated heterocycles. The van der Waals surface area contributed by atoms with E-state index in [1.165, 1.54) is 24.8 Å². The fraction of sp³-hybridized carbons (Fsp3) is 0.818. The molecule has 1 saturated carbocycles. The van der Waals surface area contributed by atoms with E-state index in [2.05, 4.69) is 26.8 Å².